The molecule has 0 spiro atoms. The van der Waals surface area contributed by atoms with Crippen molar-refractivity contribution in [3.63, 3.8) is 0 Å². The van der Waals surface area contributed by atoms with Crippen LogP contribution in [0.5, 0.6) is 0 Å². The van der Waals surface area contributed by atoms with Crippen LogP contribution in [0.3, 0.4) is 0 Å². The second kappa shape index (κ2) is 5.32. The van der Waals surface area contributed by atoms with Gasteiger partial charge < -0.3 is 0 Å². The quantitative estimate of drug-likeness (QED) is 0.814. The van der Waals surface area contributed by atoms with Crippen molar-refractivity contribution in [3.05, 3.63) is 23.5 Å². The summed E-state index contributed by atoms with van der Waals surface area (Å²) < 4.78 is 25.4. The van der Waals surface area contributed by atoms with Crippen LogP contribution in [0, 0.1) is 0 Å². The summed E-state index contributed by atoms with van der Waals surface area (Å²) in [4.78, 5) is 3.78. The molecule has 1 aromatic heterocycles. The molecular weight excluding hydrogens is 236 g/mol. The van der Waals surface area contributed by atoms with Crippen LogP contribution in [-0.2, 0) is 10.0 Å². The highest BCUT2D eigenvalue weighted by molar-refractivity contribution is 7.92. The first-order valence-electron chi connectivity index (χ1n) is 4.66. The molecule has 0 saturated carbocycles. The SMILES string of the molecule is CCCCS(=O)(=O)Nc1cccnc1Cl. The summed E-state index contributed by atoms with van der Waals surface area (Å²) in [5.74, 6) is 0.106. The predicted molar refractivity (Wildman–Crippen MR) is 61.6 cm³/mol. The molecule has 0 atom stereocenters. The minimum absolute atomic E-state index is 0.106. The lowest BCUT2D eigenvalue weighted by molar-refractivity contribution is 0.598. The molecule has 0 saturated heterocycles. The fraction of sp³-hybridized carbons (Fsp3) is 0.444. The predicted octanol–water partition coefficient (Wildman–Crippen LogP) is 2.28. The van der Waals surface area contributed by atoms with Gasteiger partial charge in [-0.1, -0.05) is 24.9 Å². The van der Waals surface area contributed by atoms with Gasteiger partial charge in [0.15, 0.2) is 5.15 Å². The molecule has 84 valence electrons. The van der Waals surface area contributed by atoms with E-state index in [-0.39, 0.29) is 10.9 Å². The zero-order valence-electron chi connectivity index (χ0n) is 8.40. The topological polar surface area (TPSA) is 59.1 Å². The van der Waals surface area contributed by atoms with Crippen molar-refractivity contribution in [3.8, 4) is 0 Å². The van der Waals surface area contributed by atoms with Crippen LogP contribution in [0.2, 0.25) is 5.15 Å². The Bertz CT molecular complexity index is 420. The largest absolute Gasteiger partial charge is 0.280 e. The van der Waals surface area contributed by atoms with Crippen molar-refractivity contribution in [2.45, 2.75) is 19.8 Å². The number of hydrogen-bond donors (Lipinski definition) is 1. The van der Waals surface area contributed by atoms with E-state index >= 15 is 0 Å². The number of nitrogens with zero attached hydrogens (tertiary/aromatic N) is 1. The Morgan fingerprint density at radius 2 is 2.27 bits per heavy atom. The average Bonchev–Trinajstić information content (AvgIpc) is 2.18. The summed E-state index contributed by atoms with van der Waals surface area (Å²) >= 11 is 5.73. The highest BCUT2D eigenvalue weighted by Crippen LogP contribution is 2.19. The third kappa shape index (κ3) is 4.05. The normalized spacial score (nSPS) is 11.3. The molecule has 6 heteroatoms. The van der Waals surface area contributed by atoms with E-state index in [4.69, 9.17) is 11.6 Å². The fourth-order valence-corrected chi connectivity index (χ4v) is 2.51. The van der Waals surface area contributed by atoms with Gasteiger partial charge in [-0.25, -0.2) is 13.4 Å². The van der Waals surface area contributed by atoms with Gasteiger partial charge in [0.25, 0.3) is 0 Å². The summed E-state index contributed by atoms with van der Waals surface area (Å²) in [5.41, 5.74) is 0.329. The molecule has 0 fully saturated rings. The first-order valence-corrected chi connectivity index (χ1v) is 6.69. The Balaban J connectivity index is 2.74. The van der Waals surface area contributed by atoms with Gasteiger partial charge in [-0.05, 0) is 18.6 Å². The second-order valence-electron chi connectivity index (χ2n) is 3.12. The fourth-order valence-electron chi connectivity index (χ4n) is 1.02. The Kier molecular flexibility index (Phi) is 4.35. The lowest BCUT2D eigenvalue weighted by Crippen LogP contribution is -2.16. The van der Waals surface area contributed by atoms with E-state index in [0.29, 0.717) is 12.1 Å². The van der Waals surface area contributed by atoms with E-state index in [1.807, 2.05) is 6.92 Å². The molecule has 15 heavy (non-hydrogen) atoms. The Labute approximate surface area is 94.7 Å². The van der Waals surface area contributed by atoms with Crippen molar-refractivity contribution in [1.82, 2.24) is 4.98 Å². The number of nitrogens with one attached hydrogen (secondary N) is 1. The van der Waals surface area contributed by atoms with Crippen LogP contribution in [0.4, 0.5) is 5.69 Å². The Morgan fingerprint density at radius 1 is 1.53 bits per heavy atom. The average molecular weight is 249 g/mol. The molecule has 0 bridgehead atoms. The van der Waals surface area contributed by atoms with E-state index in [1.54, 1.807) is 12.1 Å². The van der Waals surface area contributed by atoms with Gasteiger partial charge in [0.2, 0.25) is 10.0 Å². The van der Waals surface area contributed by atoms with Gasteiger partial charge in [0.1, 0.15) is 0 Å². The number of pyridine rings is 1. The van der Waals surface area contributed by atoms with Crippen LogP contribution in [0.15, 0.2) is 18.3 Å². The van der Waals surface area contributed by atoms with Crippen molar-refractivity contribution in [2.24, 2.45) is 0 Å². The number of unbranched alkanes of at least 4 members (excludes halogenated alkanes) is 1. The molecule has 0 aromatic carbocycles. The third-order valence-electron chi connectivity index (χ3n) is 1.79. The maximum absolute atomic E-state index is 11.5. The van der Waals surface area contributed by atoms with Gasteiger partial charge >= 0.3 is 0 Å². The summed E-state index contributed by atoms with van der Waals surface area (Å²) in [7, 11) is -3.29. The molecule has 4 nitrogen and oxygen atoms in total. The third-order valence-corrected chi connectivity index (χ3v) is 3.45. The minimum atomic E-state index is -3.29. The molecule has 0 aliphatic carbocycles. The van der Waals surface area contributed by atoms with Crippen molar-refractivity contribution in [2.75, 3.05) is 10.5 Å². The van der Waals surface area contributed by atoms with Crippen LogP contribution in [-0.4, -0.2) is 19.2 Å². The molecule has 0 radical (unpaired) electrons. The lowest BCUT2D eigenvalue weighted by atomic mass is 10.4. The van der Waals surface area contributed by atoms with Gasteiger partial charge in [-0.15, -0.1) is 0 Å². The number of sulfonamides is 1. The van der Waals surface area contributed by atoms with Gasteiger partial charge in [-0.2, -0.15) is 0 Å². The van der Waals surface area contributed by atoms with Crippen LogP contribution in [0.1, 0.15) is 19.8 Å². The highest BCUT2D eigenvalue weighted by Gasteiger charge is 2.11. The second-order valence-corrected chi connectivity index (χ2v) is 5.32. The zero-order chi connectivity index (χ0) is 11.3. The van der Waals surface area contributed by atoms with Crippen molar-refractivity contribution >= 4 is 27.3 Å². The maximum Gasteiger partial charge on any atom is 0.232 e. The monoisotopic (exact) mass is 248 g/mol. The lowest BCUT2D eigenvalue weighted by Gasteiger charge is -2.07. The number of anilines is 1. The number of rotatable bonds is 5. The number of hydrogen-bond acceptors (Lipinski definition) is 3. The molecule has 0 aliphatic heterocycles. The summed E-state index contributed by atoms with van der Waals surface area (Å²) in [6.07, 6.45) is 2.97. The molecule has 1 N–H and O–H groups in total. The molecule has 1 rings (SSSR count). The minimum Gasteiger partial charge on any atom is -0.280 e. The summed E-state index contributed by atoms with van der Waals surface area (Å²) in [5, 5.41) is 0.164. The van der Waals surface area contributed by atoms with Gasteiger partial charge in [0.05, 0.1) is 11.4 Å². The van der Waals surface area contributed by atoms with Crippen LogP contribution < -0.4 is 4.72 Å². The maximum atomic E-state index is 11.5. The molecule has 1 aromatic rings. The molecule has 0 amide bonds. The first kappa shape index (κ1) is 12.3. The van der Waals surface area contributed by atoms with E-state index in [0.717, 1.165) is 6.42 Å². The standard InChI is InChI=1S/C9H13ClN2O2S/c1-2-3-7-15(13,14)12-8-5-4-6-11-9(8)10/h4-6,12H,2-3,7H2,1H3. The summed E-state index contributed by atoms with van der Waals surface area (Å²) in [6, 6.07) is 3.21. The molecular formula is C9H13ClN2O2S. The Hall–Kier alpha value is -0.810. The highest BCUT2D eigenvalue weighted by atomic mass is 35.5. The van der Waals surface area contributed by atoms with Crippen LogP contribution in [0.25, 0.3) is 0 Å². The van der Waals surface area contributed by atoms with Gasteiger partial charge in [0, 0.05) is 6.20 Å². The van der Waals surface area contributed by atoms with E-state index < -0.39 is 10.0 Å². The van der Waals surface area contributed by atoms with Crippen LogP contribution >= 0.6 is 11.6 Å². The van der Waals surface area contributed by atoms with E-state index in [9.17, 15) is 8.42 Å². The van der Waals surface area contributed by atoms with Gasteiger partial charge in [-0.3, -0.25) is 4.72 Å². The van der Waals surface area contributed by atoms with E-state index in [1.165, 1.54) is 6.20 Å². The first-order chi connectivity index (χ1) is 7.05. The zero-order valence-corrected chi connectivity index (χ0v) is 9.98. The smallest absolute Gasteiger partial charge is 0.232 e. The number of aromatic nitrogens is 1. The van der Waals surface area contributed by atoms with E-state index in [2.05, 4.69) is 9.71 Å². The Morgan fingerprint density at radius 3 is 2.87 bits per heavy atom. The molecule has 0 unspecified atom stereocenters. The molecule has 1 heterocycles. The summed E-state index contributed by atoms with van der Waals surface area (Å²) in [6.45, 7) is 1.94. The number of halogens is 1. The van der Waals surface area contributed by atoms with Crippen molar-refractivity contribution < 1.29 is 8.42 Å². The van der Waals surface area contributed by atoms with Crippen molar-refractivity contribution in [1.29, 1.82) is 0 Å². The molecule has 0 aliphatic rings.